The second-order valence-electron chi connectivity index (χ2n) is 8.73. The highest BCUT2D eigenvalue weighted by Crippen LogP contribution is 2.30. The predicted octanol–water partition coefficient (Wildman–Crippen LogP) is 5.72. The van der Waals surface area contributed by atoms with Crippen LogP contribution in [0.5, 0.6) is 0 Å². The summed E-state index contributed by atoms with van der Waals surface area (Å²) in [5, 5.41) is 3.05. The van der Waals surface area contributed by atoms with Crippen molar-refractivity contribution in [1.82, 2.24) is 5.32 Å². The summed E-state index contributed by atoms with van der Waals surface area (Å²) in [6.45, 7) is 9.35. The minimum Gasteiger partial charge on any atom is -0.352 e. The molecule has 182 valence electrons. The molecule has 0 saturated carbocycles. The van der Waals surface area contributed by atoms with E-state index in [0.717, 1.165) is 48.1 Å². The normalized spacial score (nSPS) is 12.4. The van der Waals surface area contributed by atoms with Crippen molar-refractivity contribution < 1.29 is 13.2 Å². The minimum atomic E-state index is -3.48. The number of carbonyl (C=O) groups is 1. The van der Waals surface area contributed by atoms with Crippen LogP contribution < -0.4 is 9.62 Å². The highest BCUT2D eigenvalue weighted by atomic mass is 32.2. The van der Waals surface area contributed by atoms with Crippen molar-refractivity contribution in [3.63, 3.8) is 0 Å². The van der Waals surface area contributed by atoms with Gasteiger partial charge in [-0.05, 0) is 54.0 Å². The predicted molar refractivity (Wildman–Crippen MR) is 138 cm³/mol. The van der Waals surface area contributed by atoms with Crippen molar-refractivity contribution in [2.75, 3.05) is 17.1 Å². The van der Waals surface area contributed by atoms with Crippen molar-refractivity contribution in [3.8, 4) is 0 Å². The molecule has 1 N–H and O–H groups in total. The lowest BCUT2D eigenvalue weighted by molar-refractivity contribution is 0.0946. The number of carbonyl (C=O) groups excluding carboxylic acids is 1. The van der Waals surface area contributed by atoms with Gasteiger partial charge in [-0.3, -0.25) is 9.10 Å². The smallest absolute Gasteiger partial charge is 0.251 e. The van der Waals surface area contributed by atoms with Crippen LogP contribution in [0.4, 0.5) is 5.69 Å². The van der Waals surface area contributed by atoms with Gasteiger partial charge in [0.15, 0.2) is 0 Å². The number of anilines is 1. The van der Waals surface area contributed by atoms with E-state index in [1.807, 2.05) is 44.2 Å². The lowest BCUT2D eigenvalue weighted by Crippen LogP contribution is -2.31. The van der Waals surface area contributed by atoms with Crippen molar-refractivity contribution in [2.24, 2.45) is 5.92 Å². The Balaban J connectivity index is 2.19. The summed E-state index contributed by atoms with van der Waals surface area (Å²) >= 11 is 0. The Labute approximate surface area is 200 Å². The van der Waals surface area contributed by atoms with E-state index < -0.39 is 10.0 Å². The molecule has 0 spiro atoms. The van der Waals surface area contributed by atoms with Crippen molar-refractivity contribution >= 4 is 21.6 Å². The Morgan fingerprint density at radius 2 is 1.58 bits per heavy atom. The quantitative estimate of drug-likeness (QED) is 0.405. The summed E-state index contributed by atoms with van der Waals surface area (Å²) in [5.74, 6) is 0.420. The molecule has 1 amide bonds. The van der Waals surface area contributed by atoms with Crippen molar-refractivity contribution in [3.05, 3.63) is 64.7 Å². The van der Waals surface area contributed by atoms with Crippen LogP contribution in [0.25, 0.3) is 0 Å². The van der Waals surface area contributed by atoms with Crippen LogP contribution >= 0.6 is 0 Å². The molecule has 0 aliphatic rings. The number of sulfonamides is 1. The number of benzene rings is 2. The van der Waals surface area contributed by atoms with Crippen LogP contribution in [0.3, 0.4) is 0 Å². The molecule has 0 radical (unpaired) electrons. The Morgan fingerprint density at radius 3 is 2.06 bits per heavy atom. The van der Waals surface area contributed by atoms with Gasteiger partial charge in [-0.2, -0.15) is 0 Å². The number of hydrogen-bond donors (Lipinski definition) is 1. The van der Waals surface area contributed by atoms with E-state index in [2.05, 4.69) is 19.2 Å². The number of nitrogens with one attached hydrogen (secondary N) is 1. The molecule has 5 nitrogen and oxygen atoms in total. The highest BCUT2D eigenvalue weighted by molar-refractivity contribution is 7.92. The summed E-state index contributed by atoms with van der Waals surface area (Å²) in [6, 6.07) is 13.2. The molecule has 33 heavy (non-hydrogen) atoms. The number of aryl methyl sites for hydroxylation is 2. The van der Waals surface area contributed by atoms with Gasteiger partial charge in [0.05, 0.1) is 18.5 Å². The molecule has 0 fully saturated rings. The third kappa shape index (κ3) is 7.60. The first-order valence-electron chi connectivity index (χ1n) is 12.2. The highest BCUT2D eigenvalue weighted by Gasteiger charge is 2.23. The zero-order valence-corrected chi connectivity index (χ0v) is 21.7. The third-order valence-electron chi connectivity index (χ3n) is 6.25. The van der Waals surface area contributed by atoms with Gasteiger partial charge in [-0.1, -0.05) is 77.3 Å². The minimum absolute atomic E-state index is 0.0823. The van der Waals surface area contributed by atoms with E-state index in [9.17, 15) is 13.2 Å². The maximum Gasteiger partial charge on any atom is 0.251 e. The molecule has 2 rings (SSSR count). The number of rotatable bonds is 13. The zero-order chi connectivity index (χ0) is 24.4. The van der Waals surface area contributed by atoms with E-state index >= 15 is 0 Å². The van der Waals surface area contributed by atoms with Gasteiger partial charge >= 0.3 is 0 Å². The molecule has 2 aromatic rings. The largest absolute Gasteiger partial charge is 0.352 e. The molecule has 1 atom stereocenters. The number of nitrogens with zero attached hydrogens (tertiary/aromatic N) is 1. The van der Waals surface area contributed by atoms with Crippen LogP contribution in [0.15, 0.2) is 42.5 Å². The lowest BCUT2D eigenvalue weighted by atomic mass is 9.99. The van der Waals surface area contributed by atoms with E-state index in [4.69, 9.17) is 0 Å². The van der Waals surface area contributed by atoms with Gasteiger partial charge in [-0.15, -0.1) is 0 Å². The SMILES string of the molecule is CCCCC(CC)CNC(=O)c1ccc(CN(c2c(CC)cccc2CC)S(C)(=O)=O)cc1. The van der Waals surface area contributed by atoms with Crippen LogP contribution in [0.1, 0.15) is 80.4 Å². The fraction of sp³-hybridized carbons (Fsp3) is 0.519. The van der Waals surface area contributed by atoms with Crippen molar-refractivity contribution in [2.45, 2.75) is 72.8 Å². The molecule has 0 heterocycles. The summed E-state index contributed by atoms with van der Waals surface area (Å²) in [5.41, 5.74) is 4.26. The number of para-hydroxylation sites is 1. The van der Waals surface area contributed by atoms with E-state index in [1.165, 1.54) is 23.4 Å². The fourth-order valence-electron chi connectivity index (χ4n) is 4.11. The summed E-state index contributed by atoms with van der Waals surface area (Å²) in [6.07, 6.45) is 7.30. The number of hydrogen-bond acceptors (Lipinski definition) is 3. The first-order valence-corrected chi connectivity index (χ1v) is 14.0. The molecule has 6 heteroatoms. The molecular weight excluding hydrogens is 432 g/mol. The molecule has 2 aromatic carbocycles. The first kappa shape index (κ1) is 26.9. The summed E-state index contributed by atoms with van der Waals surface area (Å²) in [7, 11) is -3.48. The topological polar surface area (TPSA) is 66.5 Å². The average molecular weight is 473 g/mol. The van der Waals surface area contributed by atoms with Gasteiger partial charge in [0, 0.05) is 12.1 Å². The van der Waals surface area contributed by atoms with Crippen LogP contribution in [-0.2, 0) is 29.4 Å². The Kier molecular flexibility index (Phi) is 10.4. The number of unbranched alkanes of at least 4 members (excludes halogenated alkanes) is 1. The maximum absolute atomic E-state index is 12.8. The van der Waals surface area contributed by atoms with E-state index in [0.29, 0.717) is 18.0 Å². The standard InChI is InChI=1S/C27H40N2O3S/c1-6-10-12-21(7-2)19-28-27(30)25-17-15-22(16-18-25)20-29(33(5,31)32)26-23(8-3)13-11-14-24(26)9-4/h11,13-18,21H,6-10,12,19-20H2,1-5H3,(H,28,30). The average Bonchev–Trinajstić information content (AvgIpc) is 2.81. The van der Waals surface area contributed by atoms with Gasteiger partial charge in [0.25, 0.3) is 5.91 Å². The Bertz CT molecular complexity index is 978. The Hall–Kier alpha value is -2.34. The second-order valence-corrected chi connectivity index (χ2v) is 10.6. The molecule has 0 saturated heterocycles. The fourth-order valence-corrected chi connectivity index (χ4v) is 5.06. The second kappa shape index (κ2) is 12.8. The number of amides is 1. The van der Waals surface area contributed by atoms with Gasteiger partial charge in [-0.25, -0.2) is 8.42 Å². The molecule has 1 unspecified atom stereocenters. The maximum atomic E-state index is 12.8. The molecule has 0 aliphatic heterocycles. The van der Waals surface area contributed by atoms with E-state index in [-0.39, 0.29) is 12.5 Å². The summed E-state index contributed by atoms with van der Waals surface area (Å²) in [4.78, 5) is 12.6. The zero-order valence-electron chi connectivity index (χ0n) is 20.9. The Morgan fingerprint density at radius 1 is 0.970 bits per heavy atom. The van der Waals surface area contributed by atoms with Gasteiger partial charge in [0.1, 0.15) is 0 Å². The molecule has 0 aliphatic carbocycles. The molecular formula is C27H40N2O3S. The van der Waals surface area contributed by atoms with Crippen LogP contribution in [0, 0.1) is 5.92 Å². The lowest BCUT2D eigenvalue weighted by Gasteiger charge is -2.27. The monoisotopic (exact) mass is 472 g/mol. The summed E-state index contributed by atoms with van der Waals surface area (Å²) < 4.78 is 27.0. The van der Waals surface area contributed by atoms with E-state index in [1.54, 1.807) is 12.1 Å². The van der Waals surface area contributed by atoms with Gasteiger partial charge < -0.3 is 5.32 Å². The molecule has 0 bridgehead atoms. The van der Waals surface area contributed by atoms with Crippen molar-refractivity contribution in [1.29, 1.82) is 0 Å². The third-order valence-corrected chi connectivity index (χ3v) is 7.36. The van der Waals surface area contributed by atoms with Crippen LogP contribution in [-0.4, -0.2) is 27.1 Å². The van der Waals surface area contributed by atoms with Crippen LogP contribution in [0.2, 0.25) is 0 Å². The van der Waals surface area contributed by atoms with Gasteiger partial charge in [0.2, 0.25) is 10.0 Å². The first-order chi connectivity index (χ1) is 15.7. The molecule has 0 aromatic heterocycles.